The fraction of sp³-hybridized carbons (Fsp3) is 0.625. The first-order valence-corrected chi connectivity index (χ1v) is 7.62. The van der Waals surface area contributed by atoms with Gasteiger partial charge in [-0.2, -0.15) is 0 Å². The predicted octanol–water partition coefficient (Wildman–Crippen LogP) is 2.22. The van der Waals surface area contributed by atoms with Gasteiger partial charge in [-0.3, -0.25) is 0 Å². The molecule has 1 aromatic carbocycles. The van der Waals surface area contributed by atoms with E-state index in [4.69, 9.17) is 21.4 Å². The molecule has 1 unspecified atom stereocenters. The second-order valence-corrected chi connectivity index (χ2v) is 6.50. The summed E-state index contributed by atoms with van der Waals surface area (Å²) in [5.74, 6) is 0. The van der Waals surface area contributed by atoms with Gasteiger partial charge in [-0.05, 0) is 29.5 Å². The largest absolute Gasteiger partial charge is 0.396 e. The molecule has 0 aliphatic rings. The van der Waals surface area contributed by atoms with Gasteiger partial charge in [0.2, 0.25) is 0 Å². The van der Waals surface area contributed by atoms with E-state index in [1.54, 1.807) is 0 Å². The molecule has 0 aliphatic carbocycles. The van der Waals surface area contributed by atoms with Gasteiger partial charge in [0.15, 0.2) is 0 Å². The van der Waals surface area contributed by atoms with E-state index in [9.17, 15) is 5.11 Å². The van der Waals surface area contributed by atoms with Crippen LogP contribution < -0.4 is 5.32 Å². The number of hydrogen-bond donors (Lipinski definition) is 3. The van der Waals surface area contributed by atoms with Gasteiger partial charge in [-0.1, -0.05) is 37.6 Å². The highest BCUT2D eigenvalue weighted by molar-refractivity contribution is 6.30. The Bertz CT molecular complexity index is 395. The lowest BCUT2D eigenvalue weighted by Crippen LogP contribution is -2.36. The Morgan fingerprint density at radius 3 is 2.57 bits per heavy atom. The molecule has 120 valence electrons. The predicted molar refractivity (Wildman–Crippen MR) is 85.5 cm³/mol. The molecule has 0 heterocycles. The van der Waals surface area contributed by atoms with Crippen molar-refractivity contribution in [2.45, 2.75) is 33.0 Å². The van der Waals surface area contributed by atoms with Crippen LogP contribution in [0.25, 0.3) is 0 Å². The Kier molecular flexibility index (Phi) is 8.22. The molecule has 0 radical (unpaired) electrons. The minimum atomic E-state index is -0.540. The zero-order valence-corrected chi connectivity index (χ0v) is 13.6. The van der Waals surface area contributed by atoms with Crippen molar-refractivity contribution >= 4 is 11.6 Å². The van der Waals surface area contributed by atoms with E-state index < -0.39 is 6.10 Å². The van der Waals surface area contributed by atoms with Crippen LogP contribution in [0.4, 0.5) is 0 Å². The summed E-state index contributed by atoms with van der Waals surface area (Å²) in [5.41, 5.74) is 1.06. The summed E-state index contributed by atoms with van der Waals surface area (Å²) in [6.45, 7) is 6.33. The molecule has 0 aromatic heterocycles. The summed E-state index contributed by atoms with van der Waals surface area (Å²) in [5, 5.41) is 22.7. The third kappa shape index (κ3) is 8.39. The summed E-state index contributed by atoms with van der Waals surface area (Å²) >= 11 is 5.81. The highest BCUT2D eigenvalue weighted by atomic mass is 35.5. The molecular weight excluding hydrogens is 290 g/mol. The molecule has 0 spiro atoms. The lowest BCUT2D eigenvalue weighted by atomic mass is 9.90. The standard InChI is InChI=1S/C16H26ClNO3/c1-16(2,7-8-19)12-18-9-15(20)11-21-10-13-3-5-14(17)6-4-13/h3-6,15,18-20H,7-12H2,1-2H3. The van der Waals surface area contributed by atoms with E-state index in [0.29, 0.717) is 18.2 Å². The van der Waals surface area contributed by atoms with E-state index in [-0.39, 0.29) is 18.6 Å². The molecule has 0 fully saturated rings. The van der Waals surface area contributed by atoms with E-state index in [0.717, 1.165) is 18.5 Å². The molecule has 0 saturated heterocycles. The summed E-state index contributed by atoms with van der Waals surface area (Å²) in [6.07, 6.45) is 0.200. The summed E-state index contributed by atoms with van der Waals surface area (Å²) < 4.78 is 5.48. The van der Waals surface area contributed by atoms with Crippen molar-refractivity contribution < 1.29 is 14.9 Å². The molecule has 0 bridgehead atoms. The maximum atomic E-state index is 9.84. The fourth-order valence-electron chi connectivity index (χ4n) is 1.92. The molecule has 0 saturated carbocycles. The Labute approximate surface area is 132 Å². The Morgan fingerprint density at radius 1 is 1.29 bits per heavy atom. The molecule has 1 rings (SSSR count). The van der Waals surface area contributed by atoms with Crippen LogP contribution in [0.3, 0.4) is 0 Å². The van der Waals surface area contributed by atoms with Crippen molar-refractivity contribution in [2.75, 3.05) is 26.3 Å². The Balaban J connectivity index is 2.14. The number of rotatable bonds is 10. The van der Waals surface area contributed by atoms with Crippen LogP contribution in [-0.2, 0) is 11.3 Å². The molecule has 4 nitrogen and oxygen atoms in total. The topological polar surface area (TPSA) is 61.7 Å². The number of aliphatic hydroxyl groups is 2. The van der Waals surface area contributed by atoms with Gasteiger partial charge < -0.3 is 20.3 Å². The summed E-state index contributed by atoms with van der Waals surface area (Å²) in [6, 6.07) is 7.46. The van der Waals surface area contributed by atoms with Crippen molar-refractivity contribution in [3.63, 3.8) is 0 Å². The van der Waals surface area contributed by atoms with Gasteiger partial charge >= 0.3 is 0 Å². The van der Waals surface area contributed by atoms with Crippen LogP contribution in [0, 0.1) is 5.41 Å². The highest BCUT2D eigenvalue weighted by Crippen LogP contribution is 2.17. The van der Waals surface area contributed by atoms with Crippen LogP contribution >= 0.6 is 11.6 Å². The maximum Gasteiger partial charge on any atom is 0.0897 e. The molecule has 0 amide bonds. The van der Waals surface area contributed by atoms with Gasteiger partial charge in [0, 0.05) is 24.7 Å². The third-order valence-electron chi connectivity index (χ3n) is 3.26. The Morgan fingerprint density at radius 2 is 1.95 bits per heavy atom. The molecule has 1 atom stereocenters. The lowest BCUT2D eigenvalue weighted by Gasteiger charge is -2.24. The molecular formula is C16H26ClNO3. The average molecular weight is 316 g/mol. The zero-order valence-electron chi connectivity index (χ0n) is 12.8. The van der Waals surface area contributed by atoms with Crippen LogP contribution in [0.15, 0.2) is 24.3 Å². The van der Waals surface area contributed by atoms with Crippen LogP contribution in [0.2, 0.25) is 5.02 Å². The maximum absolute atomic E-state index is 9.84. The zero-order chi connectivity index (χ0) is 15.7. The van der Waals surface area contributed by atoms with E-state index in [1.165, 1.54) is 0 Å². The number of halogens is 1. The number of nitrogens with one attached hydrogen (secondary N) is 1. The van der Waals surface area contributed by atoms with Gasteiger partial charge in [-0.15, -0.1) is 0 Å². The monoisotopic (exact) mass is 315 g/mol. The number of ether oxygens (including phenoxy) is 1. The first-order chi connectivity index (χ1) is 9.93. The van der Waals surface area contributed by atoms with Crippen LogP contribution in [0.1, 0.15) is 25.8 Å². The second-order valence-electron chi connectivity index (χ2n) is 6.06. The normalized spacial score (nSPS) is 13.4. The molecule has 0 aliphatic heterocycles. The quantitative estimate of drug-likeness (QED) is 0.619. The molecule has 5 heteroatoms. The number of benzene rings is 1. The number of hydrogen-bond acceptors (Lipinski definition) is 4. The van der Waals surface area contributed by atoms with E-state index in [2.05, 4.69) is 19.2 Å². The third-order valence-corrected chi connectivity index (χ3v) is 3.52. The molecule has 1 aromatic rings. The highest BCUT2D eigenvalue weighted by Gasteiger charge is 2.17. The van der Waals surface area contributed by atoms with Gasteiger partial charge in [0.05, 0.1) is 19.3 Å². The first kappa shape index (κ1) is 18.4. The fourth-order valence-corrected chi connectivity index (χ4v) is 2.05. The smallest absolute Gasteiger partial charge is 0.0897 e. The molecule has 3 N–H and O–H groups in total. The van der Waals surface area contributed by atoms with E-state index in [1.807, 2.05) is 24.3 Å². The van der Waals surface area contributed by atoms with Crippen molar-refractivity contribution in [2.24, 2.45) is 5.41 Å². The van der Waals surface area contributed by atoms with Gasteiger partial charge in [0.25, 0.3) is 0 Å². The lowest BCUT2D eigenvalue weighted by molar-refractivity contribution is 0.0276. The van der Waals surface area contributed by atoms with Crippen molar-refractivity contribution in [1.29, 1.82) is 0 Å². The summed E-state index contributed by atoms with van der Waals surface area (Å²) in [7, 11) is 0. The van der Waals surface area contributed by atoms with Crippen molar-refractivity contribution in [1.82, 2.24) is 5.32 Å². The first-order valence-electron chi connectivity index (χ1n) is 7.25. The van der Waals surface area contributed by atoms with Crippen molar-refractivity contribution in [3.8, 4) is 0 Å². The Hall–Kier alpha value is -0.650. The summed E-state index contributed by atoms with van der Waals surface area (Å²) in [4.78, 5) is 0. The minimum absolute atomic E-state index is 0.0264. The van der Waals surface area contributed by atoms with Crippen LogP contribution in [0.5, 0.6) is 0 Å². The minimum Gasteiger partial charge on any atom is -0.396 e. The van der Waals surface area contributed by atoms with Crippen LogP contribution in [-0.4, -0.2) is 42.6 Å². The average Bonchev–Trinajstić information content (AvgIpc) is 2.40. The van der Waals surface area contributed by atoms with Gasteiger partial charge in [-0.25, -0.2) is 0 Å². The van der Waals surface area contributed by atoms with E-state index >= 15 is 0 Å². The van der Waals surface area contributed by atoms with Crippen molar-refractivity contribution in [3.05, 3.63) is 34.9 Å². The number of aliphatic hydroxyl groups excluding tert-OH is 2. The van der Waals surface area contributed by atoms with Gasteiger partial charge in [0.1, 0.15) is 0 Å². The SMILES string of the molecule is CC(C)(CCO)CNCC(O)COCc1ccc(Cl)cc1. The molecule has 21 heavy (non-hydrogen) atoms. The second kappa shape index (κ2) is 9.38.